The van der Waals surface area contributed by atoms with Gasteiger partial charge in [0.2, 0.25) is 5.69 Å². The van der Waals surface area contributed by atoms with E-state index in [1.807, 2.05) is 36.4 Å². The fourth-order valence-electron chi connectivity index (χ4n) is 2.58. The first-order chi connectivity index (χ1) is 13.6. The summed E-state index contributed by atoms with van der Waals surface area (Å²) < 4.78 is 11.5. The zero-order chi connectivity index (χ0) is 19.5. The second kappa shape index (κ2) is 7.84. The topological polar surface area (TPSA) is 75.1 Å². The van der Waals surface area contributed by atoms with Crippen LogP contribution in [0.4, 0.5) is 0 Å². The minimum atomic E-state index is -0.547. The van der Waals surface area contributed by atoms with Crippen molar-refractivity contribution in [3.8, 4) is 28.8 Å². The minimum absolute atomic E-state index is 0.271. The number of thiazole rings is 1. The molecule has 0 spiro atoms. The summed E-state index contributed by atoms with van der Waals surface area (Å²) in [6, 6.07) is 14.6. The maximum Gasteiger partial charge on any atom is 0.289 e. The predicted octanol–water partition coefficient (Wildman–Crippen LogP) is 3.98. The Balaban J connectivity index is 1.63. The van der Waals surface area contributed by atoms with Gasteiger partial charge >= 0.3 is 0 Å². The minimum Gasteiger partial charge on any atom is -0.539 e. The first-order valence-electron chi connectivity index (χ1n) is 8.27. The summed E-state index contributed by atoms with van der Waals surface area (Å²) >= 11 is 7.32. The van der Waals surface area contributed by atoms with E-state index in [1.54, 1.807) is 36.8 Å². The molecular weight excluding hydrogens is 398 g/mol. The molecule has 2 heterocycles. The molecule has 28 heavy (non-hydrogen) atoms. The van der Waals surface area contributed by atoms with Crippen molar-refractivity contribution in [3.05, 3.63) is 69.5 Å². The van der Waals surface area contributed by atoms with E-state index in [1.165, 1.54) is 16.0 Å². The van der Waals surface area contributed by atoms with Crippen LogP contribution < -0.4 is 14.5 Å². The Labute approximate surface area is 169 Å². The molecule has 2 aromatic carbocycles. The highest BCUT2D eigenvalue weighted by atomic mass is 35.5. The fraction of sp³-hybridized carbons (Fsp3) is 0.0500. The van der Waals surface area contributed by atoms with Gasteiger partial charge in [-0.15, -0.1) is 11.3 Å². The van der Waals surface area contributed by atoms with Gasteiger partial charge in [-0.3, -0.25) is 0 Å². The molecule has 140 valence electrons. The van der Waals surface area contributed by atoms with Gasteiger partial charge in [0.15, 0.2) is 11.6 Å². The van der Waals surface area contributed by atoms with Gasteiger partial charge in [-0.2, -0.15) is 0 Å². The second-order valence-electron chi connectivity index (χ2n) is 5.77. The normalized spacial score (nSPS) is 11.2. The number of nitrogens with zero attached hydrogens (tertiary/aromatic N) is 3. The van der Waals surface area contributed by atoms with Crippen LogP contribution >= 0.6 is 22.9 Å². The molecule has 0 saturated carbocycles. The van der Waals surface area contributed by atoms with Crippen molar-refractivity contribution in [1.82, 2.24) is 10.3 Å². The van der Waals surface area contributed by atoms with E-state index in [0.717, 1.165) is 10.6 Å². The van der Waals surface area contributed by atoms with Crippen molar-refractivity contribution in [1.29, 1.82) is 0 Å². The number of methoxy groups -OCH3 is 1. The van der Waals surface area contributed by atoms with Gasteiger partial charge in [-0.05, 0) is 40.6 Å². The molecule has 0 aliphatic carbocycles. The maximum atomic E-state index is 12.2. The number of rotatable bonds is 5. The summed E-state index contributed by atoms with van der Waals surface area (Å²) in [7, 11) is 1.59. The SMILES string of the molecule is COc1ccc(-[n+]2noc([O-])c2-c2csc(/C=C/c3ccc(Cl)cc3)n2)cc1. The maximum absolute atomic E-state index is 12.2. The highest BCUT2D eigenvalue weighted by molar-refractivity contribution is 7.10. The van der Waals surface area contributed by atoms with Crippen LogP contribution in [0.3, 0.4) is 0 Å². The van der Waals surface area contributed by atoms with Crippen molar-refractivity contribution >= 4 is 35.1 Å². The largest absolute Gasteiger partial charge is 0.539 e. The number of hydrogen-bond acceptors (Lipinski definition) is 6. The smallest absolute Gasteiger partial charge is 0.289 e. The molecule has 0 aliphatic rings. The summed E-state index contributed by atoms with van der Waals surface area (Å²) in [5.74, 6) is 0.161. The molecule has 0 N–H and O–H groups in total. The molecule has 0 fully saturated rings. The first-order valence-corrected chi connectivity index (χ1v) is 9.53. The van der Waals surface area contributed by atoms with E-state index in [9.17, 15) is 5.11 Å². The summed E-state index contributed by atoms with van der Waals surface area (Å²) in [6.45, 7) is 0. The van der Waals surface area contributed by atoms with Crippen LogP contribution in [-0.4, -0.2) is 17.4 Å². The van der Waals surface area contributed by atoms with Gasteiger partial charge in [0.05, 0.1) is 12.4 Å². The lowest BCUT2D eigenvalue weighted by molar-refractivity contribution is -0.660. The Hall–Kier alpha value is -3.16. The number of ether oxygens (including phenoxy) is 1. The predicted molar refractivity (Wildman–Crippen MR) is 106 cm³/mol. The molecule has 0 radical (unpaired) electrons. The lowest BCUT2D eigenvalue weighted by atomic mass is 10.2. The quantitative estimate of drug-likeness (QED) is 0.464. The molecule has 2 aromatic heterocycles. The van der Waals surface area contributed by atoms with Crippen LogP contribution in [0.1, 0.15) is 10.6 Å². The monoisotopic (exact) mass is 411 g/mol. The Morgan fingerprint density at radius 1 is 1.11 bits per heavy atom. The van der Waals surface area contributed by atoms with E-state index in [2.05, 4.69) is 10.3 Å². The van der Waals surface area contributed by atoms with Gasteiger partial charge in [-0.1, -0.05) is 29.8 Å². The van der Waals surface area contributed by atoms with E-state index in [0.29, 0.717) is 22.2 Å². The lowest BCUT2D eigenvalue weighted by Crippen LogP contribution is -2.34. The summed E-state index contributed by atoms with van der Waals surface area (Å²) in [5, 5.41) is 19.3. The van der Waals surface area contributed by atoms with Crippen molar-refractivity contribution in [2.75, 3.05) is 7.11 Å². The van der Waals surface area contributed by atoms with E-state index >= 15 is 0 Å². The number of hydrogen-bond donors (Lipinski definition) is 0. The number of benzene rings is 2. The molecule has 6 nitrogen and oxygen atoms in total. The van der Waals surface area contributed by atoms with Crippen molar-refractivity contribution in [3.63, 3.8) is 0 Å². The Morgan fingerprint density at radius 3 is 2.57 bits per heavy atom. The highest BCUT2D eigenvalue weighted by Gasteiger charge is 2.24. The Bertz CT molecular complexity index is 1120. The first kappa shape index (κ1) is 18.2. The van der Waals surface area contributed by atoms with Crippen molar-refractivity contribution in [2.45, 2.75) is 0 Å². The van der Waals surface area contributed by atoms with E-state index in [-0.39, 0.29) is 5.69 Å². The fourth-order valence-corrected chi connectivity index (χ4v) is 3.40. The van der Waals surface area contributed by atoms with Gasteiger partial charge in [0.25, 0.3) is 5.69 Å². The summed E-state index contributed by atoms with van der Waals surface area (Å²) in [6.07, 6.45) is 3.81. The standard InChI is InChI=1S/C20H14ClN3O3S/c1-26-16-9-7-15(8-10-16)24-19(20(25)27-23-24)17-12-28-18(22-17)11-4-13-2-5-14(21)6-3-13/h2-12H,1H3/b11-4+. The number of aromatic nitrogens is 3. The molecule has 0 unspecified atom stereocenters. The third kappa shape index (κ3) is 3.76. The molecule has 0 saturated heterocycles. The van der Waals surface area contributed by atoms with Gasteiger partial charge < -0.3 is 14.4 Å². The third-order valence-electron chi connectivity index (χ3n) is 3.98. The lowest BCUT2D eigenvalue weighted by Gasteiger charge is -1.98. The van der Waals surface area contributed by atoms with Crippen LogP contribution in [0.15, 0.2) is 58.4 Å². The molecule has 0 atom stereocenters. The second-order valence-corrected chi connectivity index (χ2v) is 7.10. The molecule has 4 aromatic rings. The van der Waals surface area contributed by atoms with Crippen molar-refractivity contribution < 1.29 is 19.0 Å². The average Bonchev–Trinajstić information content (AvgIpc) is 3.34. The third-order valence-corrected chi connectivity index (χ3v) is 5.04. The van der Waals surface area contributed by atoms with Crippen molar-refractivity contribution in [2.24, 2.45) is 0 Å². The van der Waals surface area contributed by atoms with Crippen LogP contribution in [0.25, 0.3) is 29.2 Å². The van der Waals surface area contributed by atoms with Gasteiger partial charge in [0, 0.05) is 22.5 Å². The van der Waals surface area contributed by atoms with E-state index in [4.69, 9.17) is 20.9 Å². The molecule has 0 amide bonds. The van der Waals surface area contributed by atoms with E-state index < -0.39 is 5.95 Å². The molecule has 0 aliphatic heterocycles. The Kier molecular flexibility index (Phi) is 5.10. The van der Waals surface area contributed by atoms with Gasteiger partial charge in [-0.25, -0.2) is 4.98 Å². The summed E-state index contributed by atoms with van der Waals surface area (Å²) in [5.41, 5.74) is 2.45. The Morgan fingerprint density at radius 2 is 1.86 bits per heavy atom. The van der Waals surface area contributed by atoms with Crippen LogP contribution in [0.2, 0.25) is 5.02 Å². The van der Waals surface area contributed by atoms with Crippen LogP contribution in [0, 0.1) is 0 Å². The van der Waals surface area contributed by atoms with Crippen LogP contribution in [0.5, 0.6) is 11.7 Å². The highest BCUT2D eigenvalue weighted by Crippen LogP contribution is 2.27. The zero-order valence-electron chi connectivity index (χ0n) is 14.7. The van der Waals surface area contributed by atoms with Gasteiger partial charge in [0.1, 0.15) is 10.8 Å². The zero-order valence-corrected chi connectivity index (χ0v) is 16.3. The molecule has 4 rings (SSSR count). The molecular formula is C20H14ClN3O3S. The summed E-state index contributed by atoms with van der Waals surface area (Å²) in [4.78, 5) is 4.53. The van der Waals surface area contributed by atoms with Crippen LogP contribution in [-0.2, 0) is 0 Å². The molecule has 0 bridgehead atoms. The number of halogens is 1. The molecule has 8 heteroatoms. The average molecular weight is 412 g/mol.